The predicted molar refractivity (Wildman–Crippen MR) is 54.0 cm³/mol. The number of aromatic nitrogens is 2. The SMILES string of the molecule is O=c1[nH]nc(P(=O)(O)O)c2ccccc12. The molecule has 0 spiro atoms. The summed E-state index contributed by atoms with van der Waals surface area (Å²) in [5.41, 5.74) is -0.875. The van der Waals surface area contributed by atoms with Gasteiger partial charge >= 0.3 is 7.60 Å². The molecule has 1 aromatic heterocycles. The first-order valence-corrected chi connectivity index (χ1v) is 5.65. The second-order valence-electron chi connectivity index (χ2n) is 2.97. The van der Waals surface area contributed by atoms with Crippen LogP contribution in [0.5, 0.6) is 0 Å². The van der Waals surface area contributed by atoms with Crippen LogP contribution in [0.2, 0.25) is 0 Å². The summed E-state index contributed by atoms with van der Waals surface area (Å²) in [7, 11) is -4.46. The van der Waals surface area contributed by atoms with Crippen molar-refractivity contribution in [1.29, 1.82) is 0 Å². The summed E-state index contributed by atoms with van der Waals surface area (Å²) >= 11 is 0. The van der Waals surface area contributed by atoms with Crippen LogP contribution < -0.4 is 11.0 Å². The Balaban J connectivity index is 2.96. The highest BCUT2D eigenvalue weighted by atomic mass is 31.2. The Labute approximate surface area is 83.7 Å². The topological polar surface area (TPSA) is 103 Å². The van der Waals surface area contributed by atoms with Crippen molar-refractivity contribution in [3.05, 3.63) is 34.6 Å². The third-order valence-electron chi connectivity index (χ3n) is 1.95. The van der Waals surface area contributed by atoms with Crippen molar-refractivity contribution in [2.24, 2.45) is 0 Å². The third-order valence-corrected chi connectivity index (χ3v) is 2.84. The van der Waals surface area contributed by atoms with Crippen molar-refractivity contribution in [3.63, 3.8) is 0 Å². The smallest absolute Gasteiger partial charge is 0.320 e. The van der Waals surface area contributed by atoms with Crippen molar-refractivity contribution in [2.75, 3.05) is 0 Å². The van der Waals surface area contributed by atoms with E-state index in [0.29, 0.717) is 0 Å². The first kappa shape index (κ1) is 10.0. The Kier molecular flexibility index (Phi) is 2.19. The number of aromatic amines is 1. The maximum absolute atomic E-state index is 11.3. The number of nitrogens with zero attached hydrogens (tertiary/aromatic N) is 1. The maximum Gasteiger partial charge on any atom is 0.376 e. The number of benzene rings is 1. The van der Waals surface area contributed by atoms with Gasteiger partial charge in [0.05, 0.1) is 5.39 Å². The Morgan fingerprint density at radius 3 is 2.40 bits per heavy atom. The van der Waals surface area contributed by atoms with Gasteiger partial charge in [0.2, 0.25) is 0 Å². The molecule has 0 amide bonds. The van der Waals surface area contributed by atoms with Gasteiger partial charge in [-0.3, -0.25) is 9.36 Å². The lowest BCUT2D eigenvalue weighted by Crippen LogP contribution is -2.20. The second kappa shape index (κ2) is 3.27. The number of nitrogens with one attached hydrogen (secondary N) is 1. The molecule has 0 aliphatic rings. The number of hydrogen-bond acceptors (Lipinski definition) is 3. The quantitative estimate of drug-likeness (QED) is 0.580. The molecule has 0 atom stereocenters. The van der Waals surface area contributed by atoms with Crippen LogP contribution in [0.25, 0.3) is 10.8 Å². The van der Waals surface area contributed by atoms with Crippen LogP contribution >= 0.6 is 7.60 Å². The molecular weight excluding hydrogens is 219 g/mol. The van der Waals surface area contributed by atoms with Crippen molar-refractivity contribution < 1.29 is 14.4 Å². The van der Waals surface area contributed by atoms with E-state index in [1.54, 1.807) is 12.1 Å². The van der Waals surface area contributed by atoms with Crippen LogP contribution in [0.15, 0.2) is 29.1 Å². The highest BCUT2D eigenvalue weighted by Gasteiger charge is 2.23. The standard InChI is InChI=1S/C8H7N2O4P/c11-7-5-3-1-2-4-6(5)8(10-9-7)15(12,13)14/h1-4H,(H,9,11)(H2,12,13,14). The van der Waals surface area contributed by atoms with Gasteiger partial charge in [0.15, 0.2) is 5.44 Å². The Morgan fingerprint density at radius 2 is 1.80 bits per heavy atom. The molecule has 3 N–H and O–H groups in total. The predicted octanol–water partition coefficient (Wildman–Crippen LogP) is -0.274. The summed E-state index contributed by atoms with van der Waals surface area (Å²) in [5.74, 6) is 0. The van der Waals surface area contributed by atoms with Crippen molar-refractivity contribution >= 4 is 23.8 Å². The Bertz CT molecular complexity index is 615. The van der Waals surface area contributed by atoms with Crippen molar-refractivity contribution in [3.8, 4) is 0 Å². The van der Waals surface area contributed by atoms with Crippen LogP contribution in [-0.4, -0.2) is 20.0 Å². The van der Waals surface area contributed by atoms with E-state index in [4.69, 9.17) is 9.79 Å². The lowest BCUT2D eigenvalue weighted by molar-refractivity contribution is 0.386. The molecule has 0 fully saturated rings. The van der Waals surface area contributed by atoms with E-state index in [0.717, 1.165) is 0 Å². The minimum atomic E-state index is -4.46. The molecule has 0 bridgehead atoms. The molecule has 0 aliphatic carbocycles. The molecule has 0 saturated carbocycles. The molecule has 78 valence electrons. The van der Waals surface area contributed by atoms with Crippen LogP contribution in [0.1, 0.15) is 0 Å². The molecule has 6 nitrogen and oxygen atoms in total. The van der Waals surface area contributed by atoms with E-state index >= 15 is 0 Å². The van der Waals surface area contributed by atoms with E-state index in [9.17, 15) is 9.36 Å². The summed E-state index contributed by atoms with van der Waals surface area (Å²) in [6, 6.07) is 6.13. The second-order valence-corrected chi connectivity index (χ2v) is 4.48. The number of rotatable bonds is 1. The average Bonchev–Trinajstić information content (AvgIpc) is 2.17. The first-order chi connectivity index (χ1) is 7.00. The molecule has 2 rings (SSSR count). The van der Waals surface area contributed by atoms with E-state index < -0.39 is 18.6 Å². The number of hydrogen-bond donors (Lipinski definition) is 3. The van der Waals surface area contributed by atoms with E-state index in [1.165, 1.54) is 12.1 Å². The van der Waals surface area contributed by atoms with E-state index in [2.05, 4.69) is 10.2 Å². The minimum Gasteiger partial charge on any atom is -0.320 e. The van der Waals surface area contributed by atoms with Crippen LogP contribution in [0, 0.1) is 0 Å². The monoisotopic (exact) mass is 226 g/mol. The third kappa shape index (κ3) is 1.70. The lowest BCUT2D eigenvalue weighted by Gasteiger charge is -2.05. The largest absolute Gasteiger partial charge is 0.376 e. The van der Waals surface area contributed by atoms with Gasteiger partial charge in [0.25, 0.3) is 5.56 Å². The summed E-state index contributed by atoms with van der Waals surface area (Å²) < 4.78 is 11.1. The van der Waals surface area contributed by atoms with Gasteiger partial charge in [-0.25, -0.2) is 5.10 Å². The molecule has 15 heavy (non-hydrogen) atoms. The van der Waals surface area contributed by atoms with Gasteiger partial charge < -0.3 is 9.79 Å². The molecule has 0 saturated heterocycles. The van der Waals surface area contributed by atoms with Gasteiger partial charge in [0, 0.05) is 5.39 Å². The minimum absolute atomic E-state index is 0.176. The Hall–Kier alpha value is -1.49. The molecule has 1 heterocycles. The fraction of sp³-hybridized carbons (Fsp3) is 0. The molecule has 0 aliphatic heterocycles. The van der Waals surface area contributed by atoms with Gasteiger partial charge in [-0.1, -0.05) is 18.2 Å². The van der Waals surface area contributed by atoms with E-state index in [1.807, 2.05) is 0 Å². The zero-order valence-electron chi connectivity index (χ0n) is 7.41. The molecule has 7 heteroatoms. The fourth-order valence-corrected chi connectivity index (χ4v) is 2.01. The molecule has 1 aromatic carbocycles. The fourth-order valence-electron chi connectivity index (χ4n) is 1.32. The molecular formula is C8H7N2O4P. The van der Waals surface area contributed by atoms with Crippen molar-refractivity contribution in [1.82, 2.24) is 10.2 Å². The van der Waals surface area contributed by atoms with Gasteiger partial charge in [-0.15, -0.1) is 0 Å². The number of fused-ring (bicyclic) bond motifs is 1. The molecule has 0 unspecified atom stereocenters. The van der Waals surface area contributed by atoms with Gasteiger partial charge in [0.1, 0.15) is 0 Å². The van der Waals surface area contributed by atoms with Crippen LogP contribution in [0.3, 0.4) is 0 Å². The molecule has 0 radical (unpaired) electrons. The van der Waals surface area contributed by atoms with E-state index in [-0.39, 0.29) is 10.8 Å². The summed E-state index contributed by atoms with van der Waals surface area (Å²) in [5, 5.41) is 5.82. The van der Waals surface area contributed by atoms with Gasteiger partial charge in [-0.2, -0.15) is 5.10 Å². The van der Waals surface area contributed by atoms with Crippen LogP contribution in [0.4, 0.5) is 0 Å². The summed E-state index contributed by atoms with van der Waals surface area (Å²) in [6.45, 7) is 0. The van der Waals surface area contributed by atoms with Crippen molar-refractivity contribution in [2.45, 2.75) is 0 Å². The highest BCUT2D eigenvalue weighted by molar-refractivity contribution is 7.60. The highest BCUT2D eigenvalue weighted by Crippen LogP contribution is 2.34. The zero-order valence-corrected chi connectivity index (χ0v) is 8.31. The van der Waals surface area contributed by atoms with Gasteiger partial charge in [-0.05, 0) is 6.07 Å². The zero-order chi connectivity index (χ0) is 11.1. The first-order valence-electron chi connectivity index (χ1n) is 4.03. The molecule has 2 aromatic rings. The summed E-state index contributed by atoms with van der Waals surface area (Å²) in [6.07, 6.45) is 0. The van der Waals surface area contributed by atoms with Crippen LogP contribution in [-0.2, 0) is 4.57 Å². The summed E-state index contributed by atoms with van der Waals surface area (Å²) in [4.78, 5) is 29.3. The Morgan fingerprint density at radius 1 is 1.20 bits per heavy atom. The lowest BCUT2D eigenvalue weighted by atomic mass is 10.2. The normalized spacial score (nSPS) is 11.9. The number of H-pyrrole nitrogens is 1. The average molecular weight is 226 g/mol. The maximum atomic E-state index is 11.3.